The average molecular weight is 243 g/mol. The summed E-state index contributed by atoms with van der Waals surface area (Å²) in [7, 11) is 0. The highest BCUT2D eigenvalue weighted by Crippen LogP contribution is 2.21. The highest BCUT2D eigenvalue weighted by atomic mass is 19.1. The average Bonchev–Trinajstić information content (AvgIpc) is 2.30. The molecule has 0 bridgehead atoms. The second-order valence-corrected chi connectivity index (χ2v) is 4.30. The Morgan fingerprint density at radius 3 is 2.47 bits per heavy atom. The molecule has 4 heteroatoms. The number of rotatable bonds is 5. The van der Waals surface area contributed by atoms with E-state index in [4.69, 9.17) is 5.11 Å². The fourth-order valence-electron chi connectivity index (χ4n) is 1.74. The van der Waals surface area contributed by atoms with Crippen LogP contribution in [0.3, 0.4) is 0 Å². The van der Waals surface area contributed by atoms with Gasteiger partial charge in [-0.25, -0.2) is 8.78 Å². The van der Waals surface area contributed by atoms with Gasteiger partial charge in [-0.05, 0) is 38.0 Å². The van der Waals surface area contributed by atoms with E-state index in [1.807, 2.05) is 6.92 Å². The third kappa shape index (κ3) is 3.48. The van der Waals surface area contributed by atoms with E-state index in [1.54, 1.807) is 6.92 Å². The van der Waals surface area contributed by atoms with Crippen LogP contribution >= 0.6 is 0 Å². The first kappa shape index (κ1) is 14.1. The van der Waals surface area contributed by atoms with Crippen molar-refractivity contribution in [3.63, 3.8) is 0 Å². The van der Waals surface area contributed by atoms with Gasteiger partial charge < -0.3 is 10.4 Å². The second-order valence-electron chi connectivity index (χ2n) is 4.30. The Hall–Kier alpha value is -1.00. The lowest BCUT2D eigenvalue weighted by Gasteiger charge is -2.21. The van der Waals surface area contributed by atoms with Gasteiger partial charge in [-0.15, -0.1) is 0 Å². The first-order chi connectivity index (χ1) is 7.99. The van der Waals surface area contributed by atoms with Gasteiger partial charge in [-0.2, -0.15) is 0 Å². The molecule has 0 aromatic heterocycles. The topological polar surface area (TPSA) is 32.3 Å². The Morgan fingerprint density at radius 2 is 1.94 bits per heavy atom. The number of hydrogen-bond donors (Lipinski definition) is 2. The largest absolute Gasteiger partial charge is 0.395 e. The van der Waals surface area contributed by atoms with Crippen molar-refractivity contribution in [2.75, 3.05) is 6.61 Å². The Morgan fingerprint density at radius 1 is 1.29 bits per heavy atom. The minimum absolute atomic E-state index is 0.0171. The van der Waals surface area contributed by atoms with Crippen LogP contribution < -0.4 is 5.32 Å². The van der Waals surface area contributed by atoms with E-state index in [2.05, 4.69) is 5.32 Å². The van der Waals surface area contributed by atoms with E-state index in [0.717, 1.165) is 6.42 Å². The number of halogens is 2. The van der Waals surface area contributed by atoms with Gasteiger partial charge in [0.15, 0.2) is 0 Å². The summed E-state index contributed by atoms with van der Waals surface area (Å²) in [6.45, 7) is 5.19. The summed E-state index contributed by atoms with van der Waals surface area (Å²) >= 11 is 0. The molecule has 0 saturated carbocycles. The van der Waals surface area contributed by atoms with Crippen LogP contribution in [-0.2, 0) is 0 Å². The van der Waals surface area contributed by atoms with E-state index in [1.165, 1.54) is 19.1 Å². The van der Waals surface area contributed by atoms with Crippen molar-refractivity contribution in [1.29, 1.82) is 0 Å². The van der Waals surface area contributed by atoms with E-state index in [9.17, 15) is 8.78 Å². The van der Waals surface area contributed by atoms with Crippen molar-refractivity contribution in [3.8, 4) is 0 Å². The van der Waals surface area contributed by atoms with E-state index >= 15 is 0 Å². The van der Waals surface area contributed by atoms with Crippen LogP contribution in [0.2, 0.25) is 0 Å². The predicted molar refractivity (Wildman–Crippen MR) is 63.8 cm³/mol. The van der Waals surface area contributed by atoms with Crippen LogP contribution in [-0.4, -0.2) is 17.8 Å². The zero-order valence-electron chi connectivity index (χ0n) is 10.4. The lowest BCUT2D eigenvalue weighted by molar-refractivity contribution is 0.229. The Balaban J connectivity index is 2.88. The van der Waals surface area contributed by atoms with Gasteiger partial charge in [0.25, 0.3) is 0 Å². The molecule has 0 saturated heterocycles. The highest BCUT2D eigenvalue weighted by molar-refractivity contribution is 5.27. The molecule has 0 radical (unpaired) electrons. The molecule has 2 N–H and O–H groups in total. The quantitative estimate of drug-likeness (QED) is 0.833. The zero-order valence-corrected chi connectivity index (χ0v) is 10.4. The molecule has 0 aliphatic rings. The highest BCUT2D eigenvalue weighted by Gasteiger charge is 2.16. The summed E-state index contributed by atoms with van der Waals surface area (Å²) in [5, 5.41) is 12.1. The molecule has 1 aromatic carbocycles. The van der Waals surface area contributed by atoms with Gasteiger partial charge >= 0.3 is 0 Å². The standard InChI is InChI=1S/C13H19F2NO/c1-4-10(7-17)16-9(3)11-6-12(14)8(2)5-13(11)15/h5-6,9-10,16-17H,4,7H2,1-3H3/t9?,10-/m0/s1. The molecule has 0 heterocycles. The van der Waals surface area contributed by atoms with Crippen LogP contribution in [0.15, 0.2) is 12.1 Å². The van der Waals surface area contributed by atoms with Gasteiger partial charge in [0.05, 0.1) is 6.61 Å². The van der Waals surface area contributed by atoms with E-state index in [-0.39, 0.29) is 18.7 Å². The van der Waals surface area contributed by atoms with Crippen LogP contribution in [0.25, 0.3) is 0 Å². The number of aliphatic hydroxyl groups is 1. The number of aryl methyl sites for hydroxylation is 1. The lowest BCUT2D eigenvalue weighted by atomic mass is 10.0. The molecule has 1 unspecified atom stereocenters. The maximum atomic E-state index is 13.7. The fraction of sp³-hybridized carbons (Fsp3) is 0.538. The van der Waals surface area contributed by atoms with Gasteiger partial charge in [-0.1, -0.05) is 6.92 Å². The molecule has 0 aliphatic heterocycles. The van der Waals surface area contributed by atoms with Gasteiger partial charge in [0.2, 0.25) is 0 Å². The molecule has 17 heavy (non-hydrogen) atoms. The summed E-state index contributed by atoms with van der Waals surface area (Å²) in [6.07, 6.45) is 0.733. The molecular formula is C13H19F2NO. The molecule has 0 amide bonds. The van der Waals surface area contributed by atoms with Gasteiger partial charge in [-0.3, -0.25) is 0 Å². The molecule has 2 nitrogen and oxygen atoms in total. The minimum atomic E-state index is -0.420. The monoisotopic (exact) mass is 243 g/mol. The summed E-state index contributed by atoms with van der Waals surface area (Å²) in [5.41, 5.74) is 0.590. The zero-order chi connectivity index (χ0) is 13.0. The van der Waals surface area contributed by atoms with Gasteiger partial charge in [0.1, 0.15) is 11.6 Å². The first-order valence-corrected chi connectivity index (χ1v) is 5.82. The molecular weight excluding hydrogens is 224 g/mol. The van der Waals surface area contributed by atoms with Crippen molar-refractivity contribution in [2.45, 2.75) is 39.3 Å². The maximum Gasteiger partial charge on any atom is 0.128 e. The van der Waals surface area contributed by atoms with Gasteiger partial charge in [0, 0.05) is 17.6 Å². The Bertz CT molecular complexity index is 378. The molecule has 1 rings (SSSR count). The molecule has 0 aliphatic carbocycles. The van der Waals surface area contributed by atoms with Crippen LogP contribution in [0.1, 0.15) is 37.4 Å². The number of benzene rings is 1. The van der Waals surface area contributed by atoms with Crippen molar-refractivity contribution in [1.82, 2.24) is 5.32 Å². The van der Waals surface area contributed by atoms with Crippen molar-refractivity contribution < 1.29 is 13.9 Å². The SMILES string of the molecule is CC[C@@H](CO)NC(C)c1cc(F)c(C)cc1F. The van der Waals surface area contributed by atoms with Crippen molar-refractivity contribution >= 4 is 0 Å². The smallest absolute Gasteiger partial charge is 0.128 e. The Kier molecular flexibility index (Phi) is 5.02. The van der Waals surface area contributed by atoms with E-state index in [0.29, 0.717) is 11.1 Å². The number of nitrogens with one attached hydrogen (secondary N) is 1. The summed E-state index contributed by atoms with van der Waals surface area (Å²) in [6, 6.07) is 1.98. The molecule has 2 atom stereocenters. The van der Waals surface area contributed by atoms with E-state index < -0.39 is 11.6 Å². The van der Waals surface area contributed by atoms with Crippen molar-refractivity contribution in [3.05, 3.63) is 34.9 Å². The second kappa shape index (κ2) is 6.07. The summed E-state index contributed by atoms with van der Waals surface area (Å²) in [5.74, 6) is -0.830. The van der Waals surface area contributed by atoms with Crippen molar-refractivity contribution in [2.24, 2.45) is 0 Å². The molecule has 96 valence electrons. The van der Waals surface area contributed by atoms with Crippen LogP contribution in [0.4, 0.5) is 8.78 Å². The fourth-order valence-corrected chi connectivity index (χ4v) is 1.74. The normalized spacial score (nSPS) is 14.7. The number of aliphatic hydroxyl groups excluding tert-OH is 1. The molecule has 0 fully saturated rings. The first-order valence-electron chi connectivity index (χ1n) is 5.82. The lowest BCUT2D eigenvalue weighted by Crippen LogP contribution is -2.34. The minimum Gasteiger partial charge on any atom is -0.395 e. The third-order valence-corrected chi connectivity index (χ3v) is 2.94. The van der Waals surface area contributed by atoms with Crippen LogP contribution in [0, 0.1) is 18.6 Å². The third-order valence-electron chi connectivity index (χ3n) is 2.94. The Labute approximate surface area is 101 Å². The summed E-state index contributed by atoms with van der Waals surface area (Å²) in [4.78, 5) is 0. The summed E-state index contributed by atoms with van der Waals surface area (Å²) < 4.78 is 27.0. The maximum absolute atomic E-state index is 13.7. The molecule has 1 aromatic rings. The molecule has 0 spiro atoms. The number of hydrogen-bond acceptors (Lipinski definition) is 2. The van der Waals surface area contributed by atoms with Crippen LogP contribution in [0.5, 0.6) is 0 Å². The predicted octanol–water partition coefficient (Wildman–Crippen LogP) is 2.69.